The summed E-state index contributed by atoms with van der Waals surface area (Å²) in [6, 6.07) is 20.4. The van der Waals surface area contributed by atoms with Gasteiger partial charge in [-0.05, 0) is 36.8 Å². The Kier molecular flexibility index (Phi) is 6.17. The van der Waals surface area contributed by atoms with Crippen molar-refractivity contribution in [3.8, 4) is 11.5 Å². The molecule has 1 aliphatic heterocycles. The molecular formula is C25H21NO6. The maximum Gasteiger partial charge on any atom is 0.338 e. The summed E-state index contributed by atoms with van der Waals surface area (Å²) in [6.45, 7) is 1.94. The van der Waals surface area contributed by atoms with Crippen molar-refractivity contribution in [1.29, 1.82) is 0 Å². The number of nitrogens with one attached hydrogen (secondary N) is 1. The Morgan fingerprint density at radius 2 is 1.53 bits per heavy atom. The Morgan fingerprint density at radius 3 is 2.28 bits per heavy atom. The molecule has 162 valence electrons. The van der Waals surface area contributed by atoms with Gasteiger partial charge in [0.25, 0.3) is 5.91 Å². The lowest BCUT2D eigenvalue weighted by Gasteiger charge is -2.14. The van der Waals surface area contributed by atoms with Crippen LogP contribution in [0.1, 0.15) is 38.8 Å². The van der Waals surface area contributed by atoms with Gasteiger partial charge in [-0.1, -0.05) is 48.5 Å². The van der Waals surface area contributed by atoms with Crippen molar-refractivity contribution >= 4 is 17.7 Å². The average molecular weight is 431 g/mol. The minimum Gasteiger partial charge on any atom is -0.454 e. The van der Waals surface area contributed by atoms with Crippen LogP contribution >= 0.6 is 0 Å². The Balaban J connectivity index is 1.30. The SMILES string of the molecule is C[C@H](OC(=O)c1ccc(C(=O)c2ccccc2)cc1)C(=O)NCc1ccc2c(c1)OCO2. The van der Waals surface area contributed by atoms with Crippen molar-refractivity contribution in [1.82, 2.24) is 5.32 Å². The molecule has 1 amide bonds. The van der Waals surface area contributed by atoms with Gasteiger partial charge in [0.15, 0.2) is 23.4 Å². The molecule has 1 atom stereocenters. The van der Waals surface area contributed by atoms with Crippen molar-refractivity contribution in [2.75, 3.05) is 6.79 Å². The minimum atomic E-state index is -0.984. The molecule has 0 saturated carbocycles. The predicted octanol–water partition coefficient (Wildman–Crippen LogP) is 3.51. The Labute approximate surface area is 184 Å². The molecule has 0 saturated heterocycles. The number of esters is 1. The van der Waals surface area contributed by atoms with Crippen LogP contribution in [-0.2, 0) is 16.1 Å². The number of benzene rings is 3. The molecule has 0 unspecified atom stereocenters. The zero-order chi connectivity index (χ0) is 22.5. The van der Waals surface area contributed by atoms with Crippen LogP contribution in [0, 0.1) is 0 Å². The highest BCUT2D eigenvalue weighted by Crippen LogP contribution is 2.32. The fraction of sp³-hybridized carbons (Fsp3) is 0.160. The predicted molar refractivity (Wildman–Crippen MR) is 116 cm³/mol. The van der Waals surface area contributed by atoms with Gasteiger partial charge in [-0.25, -0.2) is 4.79 Å². The van der Waals surface area contributed by atoms with Crippen molar-refractivity contribution in [3.05, 3.63) is 95.1 Å². The molecule has 0 spiro atoms. The van der Waals surface area contributed by atoms with Crippen LogP contribution in [0.4, 0.5) is 0 Å². The van der Waals surface area contributed by atoms with E-state index in [1.807, 2.05) is 12.1 Å². The van der Waals surface area contributed by atoms with Gasteiger partial charge >= 0.3 is 5.97 Å². The van der Waals surface area contributed by atoms with E-state index in [9.17, 15) is 14.4 Å². The van der Waals surface area contributed by atoms with Crippen molar-refractivity contribution in [3.63, 3.8) is 0 Å². The van der Waals surface area contributed by atoms with E-state index in [2.05, 4.69) is 5.32 Å². The second-order valence-electron chi connectivity index (χ2n) is 7.23. The van der Waals surface area contributed by atoms with Crippen LogP contribution in [0.2, 0.25) is 0 Å². The molecular weight excluding hydrogens is 410 g/mol. The number of hydrogen-bond donors (Lipinski definition) is 1. The van der Waals surface area contributed by atoms with E-state index in [0.29, 0.717) is 22.6 Å². The normalized spacial score (nSPS) is 12.7. The Hall–Kier alpha value is -4.13. The molecule has 3 aromatic carbocycles. The summed E-state index contributed by atoms with van der Waals surface area (Å²) >= 11 is 0. The van der Waals surface area contributed by atoms with Crippen molar-refractivity contribution in [2.45, 2.75) is 19.6 Å². The number of ketones is 1. The number of carbonyl (C=O) groups is 3. The van der Waals surface area contributed by atoms with Gasteiger partial charge in [0, 0.05) is 17.7 Å². The summed E-state index contributed by atoms with van der Waals surface area (Å²) in [5, 5.41) is 2.73. The molecule has 1 heterocycles. The molecule has 1 aliphatic rings. The molecule has 0 aromatic heterocycles. The van der Waals surface area contributed by atoms with Gasteiger partial charge in [-0.15, -0.1) is 0 Å². The molecule has 32 heavy (non-hydrogen) atoms. The lowest BCUT2D eigenvalue weighted by molar-refractivity contribution is -0.129. The van der Waals surface area contributed by atoms with E-state index in [-0.39, 0.29) is 24.7 Å². The van der Waals surface area contributed by atoms with Gasteiger partial charge in [0.05, 0.1) is 5.56 Å². The number of carbonyl (C=O) groups excluding carboxylic acids is 3. The quantitative estimate of drug-likeness (QED) is 0.455. The zero-order valence-electron chi connectivity index (χ0n) is 17.4. The molecule has 0 radical (unpaired) electrons. The number of fused-ring (bicyclic) bond motifs is 1. The fourth-order valence-electron chi connectivity index (χ4n) is 3.18. The Bertz CT molecular complexity index is 1140. The minimum absolute atomic E-state index is 0.137. The molecule has 4 rings (SSSR count). The standard InChI is InChI=1S/C25H21NO6/c1-16(24(28)26-14-17-7-12-21-22(13-17)31-15-30-21)32-25(29)20-10-8-19(9-11-20)23(27)18-5-3-2-4-6-18/h2-13,16H,14-15H2,1H3,(H,26,28)/t16-/m0/s1. The third kappa shape index (κ3) is 4.78. The highest BCUT2D eigenvalue weighted by atomic mass is 16.7. The van der Waals surface area contributed by atoms with Crippen LogP contribution in [0.3, 0.4) is 0 Å². The largest absolute Gasteiger partial charge is 0.454 e. The fourth-order valence-corrected chi connectivity index (χ4v) is 3.18. The highest BCUT2D eigenvalue weighted by molar-refractivity contribution is 6.09. The summed E-state index contributed by atoms with van der Waals surface area (Å²) in [5.74, 6) is 0.0902. The summed E-state index contributed by atoms with van der Waals surface area (Å²) in [6.07, 6.45) is -0.984. The number of ether oxygens (including phenoxy) is 3. The summed E-state index contributed by atoms with van der Waals surface area (Å²) in [7, 11) is 0. The second kappa shape index (κ2) is 9.34. The van der Waals surface area contributed by atoms with E-state index in [0.717, 1.165) is 5.56 Å². The Morgan fingerprint density at radius 1 is 0.875 bits per heavy atom. The molecule has 7 heteroatoms. The van der Waals surface area contributed by atoms with Crippen LogP contribution < -0.4 is 14.8 Å². The first-order chi connectivity index (χ1) is 15.5. The molecule has 7 nitrogen and oxygen atoms in total. The zero-order valence-corrected chi connectivity index (χ0v) is 17.4. The number of hydrogen-bond acceptors (Lipinski definition) is 6. The van der Waals surface area contributed by atoms with Gasteiger partial charge in [-0.3, -0.25) is 9.59 Å². The topological polar surface area (TPSA) is 90.9 Å². The number of amides is 1. The first kappa shape index (κ1) is 21.1. The van der Waals surface area contributed by atoms with E-state index in [4.69, 9.17) is 14.2 Å². The van der Waals surface area contributed by atoms with Gasteiger partial charge in [0.1, 0.15) is 0 Å². The number of rotatable bonds is 7. The smallest absolute Gasteiger partial charge is 0.338 e. The first-order valence-corrected chi connectivity index (χ1v) is 10.1. The third-order valence-corrected chi connectivity index (χ3v) is 4.98. The molecule has 3 aromatic rings. The van der Waals surface area contributed by atoms with Gasteiger partial charge in [-0.2, -0.15) is 0 Å². The van der Waals surface area contributed by atoms with E-state index >= 15 is 0 Å². The summed E-state index contributed by atoms with van der Waals surface area (Å²) in [4.78, 5) is 37.2. The van der Waals surface area contributed by atoms with Crippen LogP contribution in [-0.4, -0.2) is 30.6 Å². The first-order valence-electron chi connectivity index (χ1n) is 10.1. The summed E-state index contributed by atoms with van der Waals surface area (Å²) in [5.41, 5.74) is 2.11. The van der Waals surface area contributed by atoms with Gasteiger partial charge in [0.2, 0.25) is 6.79 Å². The maximum atomic E-state index is 12.5. The van der Waals surface area contributed by atoms with E-state index in [1.165, 1.54) is 19.1 Å². The maximum absolute atomic E-state index is 12.5. The molecule has 0 fully saturated rings. The van der Waals surface area contributed by atoms with Gasteiger partial charge < -0.3 is 19.5 Å². The molecule has 0 bridgehead atoms. The highest BCUT2D eigenvalue weighted by Gasteiger charge is 2.20. The third-order valence-electron chi connectivity index (χ3n) is 4.98. The van der Waals surface area contributed by atoms with Crippen LogP contribution in [0.25, 0.3) is 0 Å². The average Bonchev–Trinajstić information content (AvgIpc) is 3.30. The summed E-state index contributed by atoms with van der Waals surface area (Å²) < 4.78 is 15.8. The molecule has 1 N–H and O–H groups in total. The molecule has 0 aliphatic carbocycles. The monoisotopic (exact) mass is 431 g/mol. The van der Waals surface area contributed by atoms with Crippen molar-refractivity contribution in [2.24, 2.45) is 0 Å². The van der Waals surface area contributed by atoms with Crippen LogP contribution in [0.15, 0.2) is 72.8 Å². The van der Waals surface area contributed by atoms with E-state index < -0.39 is 18.0 Å². The lowest BCUT2D eigenvalue weighted by Crippen LogP contribution is -2.35. The van der Waals surface area contributed by atoms with Crippen LogP contribution in [0.5, 0.6) is 11.5 Å². The van der Waals surface area contributed by atoms with Crippen molar-refractivity contribution < 1.29 is 28.6 Å². The lowest BCUT2D eigenvalue weighted by atomic mass is 10.0. The van der Waals surface area contributed by atoms with E-state index in [1.54, 1.807) is 48.5 Å². The second-order valence-corrected chi connectivity index (χ2v) is 7.23.